The molecule has 2 aromatic rings. The second-order valence-corrected chi connectivity index (χ2v) is 6.20. The summed E-state index contributed by atoms with van der Waals surface area (Å²) in [5, 5.41) is 11.5. The maximum absolute atomic E-state index is 12.9. The number of nitrogens with one attached hydrogen (secondary N) is 1. The molecule has 1 atom stereocenters. The lowest BCUT2D eigenvalue weighted by Crippen LogP contribution is -2.40. The van der Waals surface area contributed by atoms with Crippen LogP contribution in [-0.2, 0) is 16.9 Å². The van der Waals surface area contributed by atoms with Gasteiger partial charge in [0.2, 0.25) is 5.91 Å². The van der Waals surface area contributed by atoms with E-state index < -0.39 is 23.4 Å². The highest BCUT2D eigenvalue weighted by Crippen LogP contribution is 2.30. The number of hydrogen-bond donors (Lipinski definition) is 2. The minimum atomic E-state index is -1.22. The Kier molecular flexibility index (Phi) is 4.18. The molecule has 1 heterocycles. The second kappa shape index (κ2) is 6.33. The number of rotatable bonds is 4. The van der Waals surface area contributed by atoms with Gasteiger partial charge >= 0.3 is 6.03 Å². The maximum atomic E-state index is 12.9. The van der Waals surface area contributed by atoms with E-state index in [1.165, 1.54) is 12.1 Å². The Labute approximate surface area is 150 Å². The van der Waals surface area contributed by atoms with Crippen LogP contribution in [0.15, 0.2) is 48.5 Å². The van der Waals surface area contributed by atoms with Crippen LogP contribution in [0.4, 0.5) is 4.79 Å². The molecule has 1 aliphatic rings. The van der Waals surface area contributed by atoms with Crippen molar-refractivity contribution < 1.29 is 14.4 Å². The monoisotopic (exact) mass is 348 g/mol. The van der Waals surface area contributed by atoms with Gasteiger partial charge in [-0.05, 0) is 42.3 Å². The fourth-order valence-corrected chi connectivity index (χ4v) is 2.87. The van der Waals surface area contributed by atoms with E-state index >= 15 is 0 Å². The molecule has 4 amide bonds. The number of primary amides is 1. The van der Waals surface area contributed by atoms with Crippen LogP contribution in [0.5, 0.6) is 0 Å². The molecule has 1 saturated heterocycles. The average molecular weight is 348 g/mol. The Morgan fingerprint density at radius 1 is 1.15 bits per heavy atom. The maximum Gasteiger partial charge on any atom is 0.325 e. The smallest absolute Gasteiger partial charge is 0.325 e. The fourth-order valence-electron chi connectivity index (χ4n) is 2.87. The van der Waals surface area contributed by atoms with Crippen molar-refractivity contribution in [3.05, 3.63) is 70.8 Å². The summed E-state index contributed by atoms with van der Waals surface area (Å²) in [7, 11) is 0. The normalized spacial score (nSPS) is 19.2. The summed E-state index contributed by atoms with van der Waals surface area (Å²) in [6.45, 7) is 1.72. The average Bonchev–Trinajstić information content (AvgIpc) is 2.86. The van der Waals surface area contributed by atoms with Crippen molar-refractivity contribution in [1.82, 2.24) is 10.2 Å². The molecule has 0 aromatic heterocycles. The summed E-state index contributed by atoms with van der Waals surface area (Å²) in [4.78, 5) is 37.5. The molecular formula is C19H16N4O3. The van der Waals surface area contributed by atoms with E-state index in [2.05, 4.69) is 5.32 Å². The molecule has 130 valence electrons. The van der Waals surface area contributed by atoms with E-state index in [0.29, 0.717) is 16.7 Å². The van der Waals surface area contributed by atoms with Gasteiger partial charge in [-0.1, -0.05) is 24.3 Å². The third kappa shape index (κ3) is 2.89. The van der Waals surface area contributed by atoms with Gasteiger partial charge in [0.05, 0.1) is 18.2 Å². The number of carbonyl (C=O) groups excluding carboxylic acids is 3. The highest BCUT2D eigenvalue weighted by molar-refractivity contribution is 6.07. The molecule has 7 nitrogen and oxygen atoms in total. The molecule has 0 radical (unpaired) electrons. The zero-order valence-corrected chi connectivity index (χ0v) is 14.0. The van der Waals surface area contributed by atoms with E-state index in [9.17, 15) is 14.4 Å². The van der Waals surface area contributed by atoms with Crippen molar-refractivity contribution >= 4 is 17.8 Å². The molecule has 0 spiro atoms. The van der Waals surface area contributed by atoms with Crippen molar-refractivity contribution in [2.24, 2.45) is 5.73 Å². The van der Waals surface area contributed by atoms with Crippen molar-refractivity contribution in [2.75, 3.05) is 0 Å². The van der Waals surface area contributed by atoms with E-state index in [1.807, 2.05) is 6.07 Å². The lowest BCUT2D eigenvalue weighted by molar-refractivity contribution is -0.131. The number of urea groups is 1. The third-order valence-electron chi connectivity index (χ3n) is 4.45. The Morgan fingerprint density at radius 3 is 2.31 bits per heavy atom. The molecular weight excluding hydrogens is 332 g/mol. The molecule has 0 bridgehead atoms. The number of nitrogens with zero attached hydrogens (tertiary/aromatic N) is 2. The van der Waals surface area contributed by atoms with Gasteiger partial charge in [0, 0.05) is 5.56 Å². The summed E-state index contributed by atoms with van der Waals surface area (Å²) in [5.41, 5.74) is 6.12. The lowest BCUT2D eigenvalue weighted by Gasteiger charge is -2.22. The van der Waals surface area contributed by atoms with Crippen LogP contribution in [0.3, 0.4) is 0 Å². The van der Waals surface area contributed by atoms with Crippen LogP contribution in [0, 0.1) is 11.3 Å². The molecule has 3 N–H and O–H groups in total. The minimum absolute atomic E-state index is 0.103. The highest BCUT2D eigenvalue weighted by Gasteiger charge is 2.48. The number of carbonyl (C=O) groups is 3. The zero-order chi connectivity index (χ0) is 18.9. The van der Waals surface area contributed by atoms with Gasteiger partial charge in [-0.25, -0.2) is 4.79 Å². The first-order valence-electron chi connectivity index (χ1n) is 7.88. The molecule has 2 aromatic carbocycles. The first-order valence-corrected chi connectivity index (χ1v) is 7.88. The third-order valence-corrected chi connectivity index (χ3v) is 4.45. The molecule has 3 rings (SSSR count). The number of benzene rings is 2. The van der Waals surface area contributed by atoms with Gasteiger partial charge in [0.1, 0.15) is 5.54 Å². The first kappa shape index (κ1) is 17.2. The number of nitriles is 1. The molecule has 1 fully saturated rings. The number of nitrogens with two attached hydrogens (primary N) is 1. The van der Waals surface area contributed by atoms with E-state index in [1.54, 1.807) is 43.3 Å². The van der Waals surface area contributed by atoms with E-state index in [-0.39, 0.29) is 6.54 Å². The predicted molar refractivity (Wildman–Crippen MR) is 92.6 cm³/mol. The Balaban J connectivity index is 1.85. The summed E-state index contributed by atoms with van der Waals surface area (Å²) in [6, 6.07) is 14.4. The van der Waals surface area contributed by atoms with Crippen molar-refractivity contribution in [2.45, 2.75) is 19.0 Å². The largest absolute Gasteiger partial charge is 0.366 e. The number of hydrogen-bond acceptors (Lipinski definition) is 4. The van der Waals surface area contributed by atoms with E-state index in [0.717, 1.165) is 10.5 Å². The van der Waals surface area contributed by atoms with Crippen LogP contribution < -0.4 is 11.1 Å². The SMILES string of the molecule is C[C@@]1(c2ccc(C(N)=O)cc2)NC(=O)N(Cc2ccc(C#N)cc2)C1=O. The van der Waals surface area contributed by atoms with Gasteiger partial charge in [-0.2, -0.15) is 5.26 Å². The standard InChI is InChI=1S/C19H16N4O3/c1-19(15-8-6-14(7-9-15)16(21)24)17(25)23(18(26)22-19)11-13-4-2-12(10-20)3-5-13/h2-9H,11H2,1H3,(H2,21,24)(H,22,26)/t19-/m0/s1. The molecule has 0 saturated carbocycles. The molecule has 7 heteroatoms. The Bertz CT molecular complexity index is 929. The number of imide groups is 1. The van der Waals surface area contributed by atoms with Crippen LogP contribution in [-0.4, -0.2) is 22.7 Å². The van der Waals surface area contributed by atoms with Crippen LogP contribution >= 0.6 is 0 Å². The molecule has 0 unspecified atom stereocenters. The quantitative estimate of drug-likeness (QED) is 0.817. The van der Waals surface area contributed by atoms with Gasteiger partial charge in [0.25, 0.3) is 5.91 Å². The van der Waals surface area contributed by atoms with Gasteiger partial charge < -0.3 is 11.1 Å². The van der Waals surface area contributed by atoms with Crippen LogP contribution in [0.2, 0.25) is 0 Å². The summed E-state index contributed by atoms with van der Waals surface area (Å²) >= 11 is 0. The van der Waals surface area contributed by atoms with Crippen molar-refractivity contribution in [3.63, 3.8) is 0 Å². The molecule has 1 aliphatic heterocycles. The lowest BCUT2D eigenvalue weighted by atomic mass is 9.91. The van der Waals surface area contributed by atoms with Crippen LogP contribution in [0.1, 0.15) is 34.0 Å². The van der Waals surface area contributed by atoms with Crippen molar-refractivity contribution in [3.8, 4) is 6.07 Å². The molecule has 26 heavy (non-hydrogen) atoms. The van der Waals surface area contributed by atoms with Crippen LogP contribution in [0.25, 0.3) is 0 Å². The van der Waals surface area contributed by atoms with Crippen molar-refractivity contribution in [1.29, 1.82) is 5.26 Å². The Morgan fingerprint density at radius 2 is 1.77 bits per heavy atom. The summed E-state index contributed by atoms with van der Waals surface area (Å²) in [6.07, 6.45) is 0. The minimum Gasteiger partial charge on any atom is -0.366 e. The predicted octanol–water partition coefficient (Wildman–Crippen LogP) is 1.62. The summed E-state index contributed by atoms with van der Waals surface area (Å²) in [5.74, 6) is -0.954. The highest BCUT2D eigenvalue weighted by atomic mass is 16.2. The zero-order valence-electron chi connectivity index (χ0n) is 14.0. The topological polar surface area (TPSA) is 116 Å². The van der Waals surface area contributed by atoms with Gasteiger partial charge in [-0.3, -0.25) is 14.5 Å². The van der Waals surface area contributed by atoms with Gasteiger partial charge in [-0.15, -0.1) is 0 Å². The van der Waals surface area contributed by atoms with Gasteiger partial charge in [0.15, 0.2) is 0 Å². The number of amides is 4. The summed E-state index contributed by atoms with van der Waals surface area (Å²) < 4.78 is 0. The second-order valence-electron chi connectivity index (χ2n) is 6.20. The van der Waals surface area contributed by atoms with E-state index in [4.69, 9.17) is 11.0 Å². The Hall–Kier alpha value is -3.66. The molecule has 0 aliphatic carbocycles. The fraction of sp³-hybridized carbons (Fsp3) is 0.158. The first-order chi connectivity index (χ1) is 12.3.